The van der Waals surface area contributed by atoms with Crippen LogP contribution in [0.1, 0.15) is 166 Å². The van der Waals surface area contributed by atoms with Gasteiger partial charge < -0.3 is 60.7 Å². The molecule has 0 saturated carbocycles. The van der Waals surface area contributed by atoms with E-state index in [1.54, 1.807) is 41.5 Å². The lowest BCUT2D eigenvalue weighted by Crippen LogP contribution is -2.63. The van der Waals surface area contributed by atoms with Crippen molar-refractivity contribution in [1.82, 2.24) is 55.6 Å². The fraction of sp³-hybridized carbons (Fsp3) is 0.725. The summed E-state index contributed by atoms with van der Waals surface area (Å²) >= 11 is 0. The molecule has 12 atom stereocenters. The summed E-state index contributed by atoms with van der Waals surface area (Å²) in [6.45, 7) is 31.5. The topological polar surface area (TPSA) is 279 Å². The molecule has 0 spiro atoms. The van der Waals surface area contributed by atoms with Crippen molar-refractivity contribution in [3.63, 3.8) is 0 Å². The fourth-order valence-corrected chi connectivity index (χ4v) is 11.7. The minimum absolute atomic E-state index is 0.00899. The van der Waals surface area contributed by atoms with Crippen molar-refractivity contribution < 1.29 is 57.8 Å². The van der Waals surface area contributed by atoms with Gasteiger partial charge in [0.1, 0.15) is 60.4 Å². The Bertz CT molecular complexity index is 2750. The molecule has 92 heavy (non-hydrogen) atoms. The van der Waals surface area contributed by atoms with Crippen molar-refractivity contribution in [2.24, 2.45) is 41.4 Å². The van der Waals surface area contributed by atoms with Crippen molar-refractivity contribution in [1.29, 1.82) is 0 Å². The second-order valence-electron chi connectivity index (χ2n) is 28.3. The van der Waals surface area contributed by atoms with Gasteiger partial charge in [-0.05, 0) is 119 Å². The van der Waals surface area contributed by atoms with Gasteiger partial charge in [-0.25, -0.2) is 0 Å². The minimum Gasteiger partial charge on any atom is -0.390 e. The molecule has 1 saturated heterocycles. The summed E-state index contributed by atoms with van der Waals surface area (Å²) in [4.78, 5) is 170. The highest BCUT2D eigenvalue weighted by molar-refractivity contribution is 5.99. The summed E-state index contributed by atoms with van der Waals surface area (Å²) in [5, 5.41) is 23.5. The molecular formula is C69H117N11O12. The number of nitrogens with one attached hydrogen (secondary N) is 4. The first-order chi connectivity index (χ1) is 42.5. The number of hydrogen-bond acceptors (Lipinski definition) is 12. The Morgan fingerprint density at radius 1 is 0.489 bits per heavy atom. The highest BCUT2D eigenvalue weighted by Crippen LogP contribution is 2.26. The quantitative estimate of drug-likeness (QED) is 0.146. The van der Waals surface area contributed by atoms with E-state index < -0.39 is 156 Å². The van der Waals surface area contributed by atoms with Crippen LogP contribution in [0.25, 0.3) is 6.08 Å². The Balaban J connectivity index is 3.01. The maximum absolute atomic E-state index is 15.4. The van der Waals surface area contributed by atoms with Crippen LogP contribution in [0.3, 0.4) is 0 Å². The summed E-state index contributed by atoms with van der Waals surface area (Å²) in [5.41, 5.74) is 3.03. The van der Waals surface area contributed by atoms with Gasteiger partial charge in [0, 0.05) is 49.3 Å². The van der Waals surface area contributed by atoms with Gasteiger partial charge >= 0.3 is 0 Å². The van der Waals surface area contributed by atoms with Crippen molar-refractivity contribution >= 4 is 71.1 Å². The second kappa shape index (κ2) is 36.5. The smallest absolute Gasteiger partial charge is 0.246 e. The molecule has 11 amide bonds. The normalized spacial score (nSPS) is 25.7. The number of nitrogens with zero attached hydrogens (tertiary/aromatic N) is 7. The van der Waals surface area contributed by atoms with Gasteiger partial charge in [0.2, 0.25) is 65.0 Å². The Morgan fingerprint density at radius 3 is 1.42 bits per heavy atom. The highest BCUT2D eigenvalue weighted by Gasteiger charge is 2.46. The van der Waals surface area contributed by atoms with Gasteiger partial charge in [-0.2, -0.15) is 0 Å². The van der Waals surface area contributed by atoms with Crippen LogP contribution in [-0.4, -0.2) is 227 Å². The summed E-state index contributed by atoms with van der Waals surface area (Å²) in [6, 6.07) is -6.45. The molecule has 1 aromatic rings. The number of benzene rings is 1. The summed E-state index contributed by atoms with van der Waals surface area (Å²) in [5.74, 6) is -9.90. The molecule has 23 nitrogen and oxygen atoms in total. The van der Waals surface area contributed by atoms with Crippen LogP contribution in [0, 0.1) is 55.3 Å². The average Bonchev–Trinajstić information content (AvgIpc) is 0.811. The van der Waals surface area contributed by atoms with E-state index in [-0.39, 0.29) is 62.2 Å². The molecule has 0 aromatic heterocycles. The first-order valence-corrected chi connectivity index (χ1v) is 33.0. The number of likely N-dealkylation sites (N-methyl/N-ethyl adjacent to an activating group) is 7. The summed E-state index contributed by atoms with van der Waals surface area (Å²) in [7, 11) is 9.95. The number of aliphatic hydroxyl groups excluding tert-OH is 1. The largest absolute Gasteiger partial charge is 0.390 e. The zero-order chi connectivity index (χ0) is 70.8. The predicted octanol–water partition coefficient (Wildman–Crippen LogP) is 5.02. The Morgan fingerprint density at radius 2 is 0.935 bits per heavy atom. The number of hydrogen-bond donors (Lipinski definition) is 5. The maximum atomic E-state index is 15.4. The number of aryl methyl sites for hydroxylation is 2. The van der Waals surface area contributed by atoms with Crippen LogP contribution in [-0.2, 0) is 52.7 Å². The molecule has 0 unspecified atom stereocenters. The number of aliphatic hydroxyl groups is 1. The van der Waals surface area contributed by atoms with Crippen LogP contribution >= 0.6 is 0 Å². The van der Waals surface area contributed by atoms with E-state index in [9.17, 15) is 38.7 Å². The Hall–Kier alpha value is -6.91. The second-order valence-corrected chi connectivity index (χ2v) is 28.3. The summed E-state index contributed by atoms with van der Waals surface area (Å²) < 4.78 is 0. The SMILES string of the molecule is CC[C@@H]1NC(=O)[C@H]([C@H](O)[C@H](C)C/C=C/c2cc(C)ccc2C)N(C)C(=O)[C@H](C(C)C)N(C)C(=O)[C@H](CC(C)C)N(C)C(=O)[C@H](CC(C)C)N(C)C(=O)[C@@H](C)NC(=O)[C@H](C)NC(=O)[C@H](CC(C)C)N(C)C(=O)[C@H](C(C)C)NC(=O)[C@H](CC(C)C)N(C)C(=O)CN(C)C1=O. The number of amides is 11. The van der Waals surface area contributed by atoms with E-state index in [4.69, 9.17) is 0 Å². The number of carbonyl (C=O) groups is 11. The molecule has 1 aromatic carbocycles. The first kappa shape index (κ1) is 81.2. The number of rotatable bonds is 16. The van der Waals surface area contributed by atoms with Crippen LogP contribution in [0.4, 0.5) is 0 Å². The molecular weight excluding hydrogens is 1170 g/mol. The Kier molecular flexibility index (Phi) is 32.2. The van der Waals surface area contributed by atoms with Crippen molar-refractivity contribution in [2.45, 2.75) is 230 Å². The molecule has 23 heteroatoms. The van der Waals surface area contributed by atoms with Crippen molar-refractivity contribution in [3.8, 4) is 0 Å². The lowest BCUT2D eigenvalue weighted by Gasteiger charge is -2.41. The van der Waals surface area contributed by atoms with Gasteiger partial charge in [-0.3, -0.25) is 52.7 Å². The van der Waals surface area contributed by atoms with Gasteiger partial charge in [-0.15, -0.1) is 0 Å². The van der Waals surface area contributed by atoms with Crippen molar-refractivity contribution in [3.05, 3.63) is 41.0 Å². The fourth-order valence-electron chi connectivity index (χ4n) is 11.7. The van der Waals surface area contributed by atoms with Gasteiger partial charge in [-0.1, -0.05) is 133 Å². The lowest BCUT2D eigenvalue weighted by atomic mass is 9.91. The van der Waals surface area contributed by atoms with Crippen molar-refractivity contribution in [2.75, 3.05) is 55.9 Å². The molecule has 0 bridgehead atoms. The van der Waals surface area contributed by atoms with E-state index in [1.807, 2.05) is 99.6 Å². The third kappa shape index (κ3) is 22.4. The van der Waals surface area contributed by atoms with Gasteiger partial charge in [0.05, 0.1) is 12.6 Å². The third-order valence-corrected chi connectivity index (χ3v) is 17.6. The molecule has 1 fully saturated rings. The minimum atomic E-state index is -1.65. The molecule has 520 valence electrons. The first-order valence-electron chi connectivity index (χ1n) is 33.0. The third-order valence-electron chi connectivity index (χ3n) is 17.6. The monoisotopic (exact) mass is 1290 g/mol. The van der Waals surface area contributed by atoms with E-state index in [0.717, 1.165) is 26.5 Å². The number of allylic oxidation sites excluding steroid dienone is 1. The van der Waals surface area contributed by atoms with Gasteiger partial charge in [0.25, 0.3) is 0 Å². The maximum Gasteiger partial charge on any atom is 0.246 e. The van der Waals surface area contributed by atoms with Crippen LogP contribution < -0.4 is 21.3 Å². The van der Waals surface area contributed by atoms with Crippen LogP contribution in [0.2, 0.25) is 0 Å². The molecule has 0 aliphatic carbocycles. The molecule has 2 rings (SSSR count). The predicted molar refractivity (Wildman–Crippen MR) is 359 cm³/mol. The van der Waals surface area contributed by atoms with E-state index in [2.05, 4.69) is 21.3 Å². The summed E-state index contributed by atoms with van der Waals surface area (Å²) in [6.07, 6.45) is 3.10. The standard InChI is InChI=1S/C69H117N11O12/c1-26-50-65(88)74(19)37-55(81)75(20)51(32-38(2)3)62(85)73-56(42(10)11)68(91)76(21)52(33-39(4)5)61(84)70-47(17)60(83)71-48(18)64(87)77(22)53(34-40(6)7)66(89)78(23)54(35-41(8)9)67(90)79(24)57(43(12)13)69(92)80(25)58(63(86)72-50)59(82)46(16)28-27-29-49-36-44(14)30-31-45(49)15/h27,29-31,36,38-43,46-48,50-54,56-59,82H,26,28,32-35,37H2,1-25H3,(H,70,84)(H,71,83)(H,72,86)(H,73,85)/b29-27+/t46-,47+,48-,50+,51+,52+,53+,54+,56+,57+,58+,59-/m1/s1. The van der Waals surface area contributed by atoms with Crippen LogP contribution in [0.5, 0.6) is 0 Å². The molecule has 0 radical (unpaired) electrons. The molecule has 1 aliphatic heterocycles. The van der Waals surface area contributed by atoms with Gasteiger partial charge in [0.15, 0.2) is 0 Å². The van der Waals surface area contributed by atoms with Crippen LogP contribution in [0.15, 0.2) is 24.3 Å². The van der Waals surface area contributed by atoms with E-state index >= 15 is 19.2 Å². The van der Waals surface area contributed by atoms with E-state index in [0.29, 0.717) is 0 Å². The molecule has 1 aliphatic rings. The average molecular weight is 1290 g/mol. The number of carbonyl (C=O) groups excluding carboxylic acids is 11. The molecule has 5 N–H and O–H groups in total. The Labute approximate surface area is 550 Å². The zero-order valence-electron chi connectivity index (χ0n) is 60.3. The zero-order valence-corrected chi connectivity index (χ0v) is 60.3. The molecule has 1 heterocycles. The van der Waals surface area contributed by atoms with E-state index in [1.165, 1.54) is 87.7 Å². The highest BCUT2D eigenvalue weighted by atomic mass is 16.3. The lowest BCUT2D eigenvalue weighted by molar-refractivity contribution is -0.157.